The molecule has 0 aromatic heterocycles. The van der Waals surface area contributed by atoms with Gasteiger partial charge in [0.15, 0.2) is 0 Å². The maximum Gasteiger partial charge on any atom is 0.309 e. The van der Waals surface area contributed by atoms with Gasteiger partial charge in [0.1, 0.15) is 0 Å². The molecule has 0 spiro atoms. The van der Waals surface area contributed by atoms with Gasteiger partial charge in [-0.15, -0.1) is 0 Å². The lowest BCUT2D eigenvalue weighted by atomic mass is 9.82. The lowest BCUT2D eigenvalue weighted by Gasteiger charge is -2.22. The SMILES string of the molecule is CCCCCCCCCCCCCCCCCCC(C)(CC)C(=O)O. The summed E-state index contributed by atoms with van der Waals surface area (Å²) in [5, 5.41) is 9.26. The van der Waals surface area contributed by atoms with Crippen molar-refractivity contribution in [2.45, 2.75) is 136 Å². The van der Waals surface area contributed by atoms with Crippen molar-refractivity contribution in [3.05, 3.63) is 0 Å². The molecule has 2 heteroatoms. The smallest absolute Gasteiger partial charge is 0.309 e. The van der Waals surface area contributed by atoms with Crippen molar-refractivity contribution in [3.63, 3.8) is 0 Å². The van der Waals surface area contributed by atoms with Crippen molar-refractivity contribution >= 4 is 5.97 Å². The van der Waals surface area contributed by atoms with E-state index in [1.807, 2.05) is 13.8 Å². The molecule has 0 rings (SSSR count). The molecule has 25 heavy (non-hydrogen) atoms. The molecule has 0 aromatic rings. The number of hydrogen-bond acceptors (Lipinski definition) is 1. The van der Waals surface area contributed by atoms with Gasteiger partial charge in [-0.3, -0.25) is 4.79 Å². The fourth-order valence-corrected chi connectivity index (χ4v) is 3.50. The summed E-state index contributed by atoms with van der Waals surface area (Å²) < 4.78 is 0. The molecule has 1 atom stereocenters. The Morgan fingerprint density at radius 3 is 1.24 bits per heavy atom. The highest BCUT2D eigenvalue weighted by molar-refractivity contribution is 5.73. The minimum absolute atomic E-state index is 0.504. The second-order valence-electron chi connectivity index (χ2n) is 8.27. The molecule has 0 bridgehead atoms. The first-order valence-electron chi connectivity index (χ1n) is 11.3. The van der Waals surface area contributed by atoms with Crippen LogP contribution in [0.5, 0.6) is 0 Å². The Morgan fingerprint density at radius 1 is 0.640 bits per heavy atom. The van der Waals surface area contributed by atoms with Crippen LogP contribution in [0.4, 0.5) is 0 Å². The number of carbonyl (C=O) groups is 1. The van der Waals surface area contributed by atoms with E-state index >= 15 is 0 Å². The molecule has 0 aliphatic heterocycles. The number of unbranched alkanes of at least 4 members (excludes halogenated alkanes) is 15. The van der Waals surface area contributed by atoms with E-state index in [2.05, 4.69) is 6.92 Å². The minimum Gasteiger partial charge on any atom is -0.481 e. The monoisotopic (exact) mass is 354 g/mol. The standard InChI is InChI=1S/C23H46O2/c1-4-6-7-8-9-10-11-12-13-14-15-16-17-18-19-20-21-23(3,5-2)22(24)25/h4-21H2,1-3H3,(H,24,25). The van der Waals surface area contributed by atoms with Crippen LogP contribution in [0.25, 0.3) is 0 Å². The molecule has 150 valence electrons. The van der Waals surface area contributed by atoms with Gasteiger partial charge < -0.3 is 5.11 Å². The molecule has 0 aromatic carbocycles. The van der Waals surface area contributed by atoms with Crippen molar-refractivity contribution < 1.29 is 9.90 Å². The molecule has 0 saturated carbocycles. The fourth-order valence-electron chi connectivity index (χ4n) is 3.50. The van der Waals surface area contributed by atoms with Gasteiger partial charge in [-0.05, 0) is 19.8 Å². The van der Waals surface area contributed by atoms with Crippen LogP contribution in [0.1, 0.15) is 136 Å². The number of rotatable bonds is 19. The van der Waals surface area contributed by atoms with Gasteiger partial charge in [0.05, 0.1) is 5.41 Å². The van der Waals surface area contributed by atoms with Gasteiger partial charge in [0.25, 0.3) is 0 Å². The zero-order valence-electron chi connectivity index (χ0n) is 17.6. The summed E-state index contributed by atoms with van der Waals surface area (Å²) in [6.45, 7) is 6.16. The number of aliphatic carboxylic acids is 1. The third-order valence-corrected chi connectivity index (χ3v) is 5.88. The average molecular weight is 355 g/mol. The molecule has 1 N–H and O–H groups in total. The summed E-state index contributed by atoms with van der Waals surface area (Å²) in [5.74, 6) is -0.629. The van der Waals surface area contributed by atoms with Crippen LogP contribution in [-0.4, -0.2) is 11.1 Å². The summed E-state index contributed by atoms with van der Waals surface area (Å²) in [6.07, 6.45) is 23.4. The Kier molecular flexibility index (Phi) is 16.6. The fraction of sp³-hybridized carbons (Fsp3) is 0.957. The molecule has 0 amide bonds. The highest BCUT2D eigenvalue weighted by Crippen LogP contribution is 2.28. The molecule has 0 saturated heterocycles. The molecular weight excluding hydrogens is 308 g/mol. The maximum atomic E-state index is 11.2. The lowest BCUT2D eigenvalue weighted by Crippen LogP contribution is -2.26. The second kappa shape index (κ2) is 16.9. The number of carboxylic acid groups (broad SMARTS) is 1. The van der Waals surface area contributed by atoms with E-state index in [4.69, 9.17) is 0 Å². The molecule has 2 nitrogen and oxygen atoms in total. The van der Waals surface area contributed by atoms with Crippen LogP contribution in [0.15, 0.2) is 0 Å². The van der Waals surface area contributed by atoms with Gasteiger partial charge in [0, 0.05) is 0 Å². The van der Waals surface area contributed by atoms with E-state index in [0.717, 1.165) is 19.3 Å². The van der Waals surface area contributed by atoms with E-state index in [1.165, 1.54) is 96.3 Å². The van der Waals surface area contributed by atoms with E-state index < -0.39 is 11.4 Å². The van der Waals surface area contributed by atoms with E-state index in [9.17, 15) is 9.90 Å². The first-order chi connectivity index (χ1) is 12.1. The van der Waals surface area contributed by atoms with Crippen LogP contribution in [0, 0.1) is 5.41 Å². The summed E-state index contributed by atoms with van der Waals surface area (Å²) >= 11 is 0. The molecular formula is C23H46O2. The molecule has 0 aliphatic carbocycles. The summed E-state index contributed by atoms with van der Waals surface area (Å²) in [6, 6.07) is 0. The van der Waals surface area contributed by atoms with Crippen LogP contribution < -0.4 is 0 Å². The number of hydrogen-bond donors (Lipinski definition) is 1. The largest absolute Gasteiger partial charge is 0.481 e. The van der Waals surface area contributed by atoms with Crippen LogP contribution in [0.2, 0.25) is 0 Å². The first-order valence-corrected chi connectivity index (χ1v) is 11.3. The van der Waals surface area contributed by atoms with Crippen LogP contribution in [0.3, 0.4) is 0 Å². The van der Waals surface area contributed by atoms with Crippen LogP contribution in [-0.2, 0) is 4.79 Å². The Balaban J connectivity index is 3.23. The number of carboxylic acids is 1. The van der Waals surface area contributed by atoms with Gasteiger partial charge in [-0.25, -0.2) is 0 Å². The van der Waals surface area contributed by atoms with E-state index in [-0.39, 0.29) is 0 Å². The van der Waals surface area contributed by atoms with Crippen molar-refractivity contribution in [1.29, 1.82) is 0 Å². The van der Waals surface area contributed by atoms with Gasteiger partial charge >= 0.3 is 5.97 Å². The van der Waals surface area contributed by atoms with Crippen LogP contribution >= 0.6 is 0 Å². The third-order valence-electron chi connectivity index (χ3n) is 5.88. The zero-order valence-corrected chi connectivity index (χ0v) is 17.6. The third kappa shape index (κ3) is 14.3. The average Bonchev–Trinajstić information content (AvgIpc) is 2.61. The van der Waals surface area contributed by atoms with Gasteiger partial charge in [-0.1, -0.05) is 117 Å². The Labute approximate surface area is 158 Å². The zero-order chi connectivity index (χ0) is 18.8. The Morgan fingerprint density at radius 2 is 0.960 bits per heavy atom. The summed E-state index contributed by atoms with van der Waals surface area (Å²) in [4.78, 5) is 11.2. The Bertz CT molecular complexity index is 300. The molecule has 0 fully saturated rings. The van der Waals surface area contributed by atoms with Gasteiger partial charge in [0.2, 0.25) is 0 Å². The summed E-state index contributed by atoms with van der Waals surface area (Å²) in [5.41, 5.74) is -0.504. The quantitative estimate of drug-likeness (QED) is 0.238. The lowest BCUT2D eigenvalue weighted by molar-refractivity contribution is -0.148. The summed E-state index contributed by atoms with van der Waals surface area (Å²) in [7, 11) is 0. The van der Waals surface area contributed by atoms with Gasteiger partial charge in [-0.2, -0.15) is 0 Å². The maximum absolute atomic E-state index is 11.2. The van der Waals surface area contributed by atoms with Crippen molar-refractivity contribution in [2.24, 2.45) is 5.41 Å². The normalized spacial score (nSPS) is 13.7. The predicted molar refractivity (Wildman–Crippen MR) is 110 cm³/mol. The predicted octanol–water partition coefficient (Wildman–Crippen LogP) is 8.14. The molecule has 0 heterocycles. The van der Waals surface area contributed by atoms with E-state index in [1.54, 1.807) is 0 Å². The minimum atomic E-state index is -0.629. The highest BCUT2D eigenvalue weighted by atomic mass is 16.4. The topological polar surface area (TPSA) is 37.3 Å². The first kappa shape index (κ1) is 24.5. The highest BCUT2D eigenvalue weighted by Gasteiger charge is 2.29. The van der Waals surface area contributed by atoms with Crippen molar-refractivity contribution in [3.8, 4) is 0 Å². The van der Waals surface area contributed by atoms with Crippen molar-refractivity contribution in [1.82, 2.24) is 0 Å². The van der Waals surface area contributed by atoms with Crippen molar-refractivity contribution in [2.75, 3.05) is 0 Å². The molecule has 0 aliphatic rings. The molecule has 0 radical (unpaired) electrons. The Hall–Kier alpha value is -0.530. The van der Waals surface area contributed by atoms with E-state index in [0.29, 0.717) is 0 Å². The molecule has 1 unspecified atom stereocenters. The second-order valence-corrected chi connectivity index (χ2v) is 8.27.